The van der Waals surface area contributed by atoms with Gasteiger partial charge in [-0.1, -0.05) is 11.6 Å². The van der Waals surface area contributed by atoms with Gasteiger partial charge in [0.1, 0.15) is 18.6 Å². The zero-order chi connectivity index (χ0) is 11.4. The average Bonchev–Trinajstić information content (AvgIpc) is 2.32. The third-order valence-corrected chi connectivity index (χ3v) is 2.78. The highest BCUT2D eigenvalue weighted by Crippen LogP contribution is 2.24. The molecular formula is C10H14ClN3O2. The fraction of sp³-hybridized carbons (Fsp3) is 0.600. The molecule has 0 amide bonds. The molecule has 2 N–H and O–H groups in total. The van der Waals surface area contributed by atoms with Gasteiger partial charge in [-0.3, -0.25) is 0 Å². The fourth-order valence-corrected chi connectivity index (χ4v) is 1.71. The van der Waals surface area contributed by atoms with Crippen LogP contribution >= 0.6 is 11.6 Å². The number of ether oxygens (including phenoxy) is 2. The van der Waals surface area contributed by atoms with E-state index in [0.29, 0.717) is 12.5 Å². The van der Waals surface area contributed by atoms with E-state index in [2.05, 4.69) is 9.97 Å². The van der Waals surface area contributed by atoms with Crippen LogP contribution in [0.1, 0.15) is 19.3 Å². The standard InChI is InChI=1S/C10H14ClN3O2/c11-9-8(12)10(14-6-13-9)16-5-7-3-1-2-4-15-7/h6-7H,1-5,12H2. The molecule has 1 aromatic heterocycles. The third-order valence-electron chi connectivity index (χ3n) is 2.48. The molecule has 1 aliphatic rings. The van der Waals surface area contributed by atoms with Crippen LogP contribution in [0, 0.1) is 0 Å². The number of anilines is 1. The number of nitrogen functional groups attached to an aromatic ring is 1. The van der Waals surface area contributed by atoms with E-state index >= 15 is 0 Å². The number of hydrogen-bond acceptors (Lipinski definition) is 5. The lowest BCUT2D eigenvalue weighted by atomic mass is 10.1. The first kappa shape index (κ1) is 11.4. The van der Waals surface area contributed by atoms with Crippen molar-refractivity contribution in [1.82, 2.24) is 9.97 Å². The molecule has 1 aliphatic heterocycles. The van der Waals surface area contributed by atoms with Crippen molar-refractivity contribution < 1.29 is 9.47 Å². The lowest BCUT2D eigenvalue weighted by Gasteiger charge is -2.22. The summed E-state index contributed by atoms with van der Waals surface area (Å²) in [5.41, 5.74) is 5.95. The van der Waals surface area contributed by atoms with Gasteiger partial charge in [0.05, 0.1) is 6.10 Å². The first-order valence-electron chi connectivity index (χ1n) is 5.27. The number of halogens is 1. The molecular weight excluding hydrogens is 230 g/mol. The maximum absolute atomic E-state index is 5.75. The number of aromatic nitrogens is 2. The van der Waals surface area contributed by atoms with E-state index < -0.39 is 0 Å². The second-order valence-corrected chi connectivity index (χ2v) is 4.04. The Morgan fingerprint density at radius 1 is 1.50 bits per heavy atom. The summed E-state index contributed by atoms with van der Waals surface area (Å²) >= 11 is 5.75. The van der Waals surface area contributed by atoms with Crippen molar-refractivity contribution in [2.75, 3.05) is 18.9 Å². The van der Waals surface area contributed by atoms with Crippen molar-refractivity contribution in [2.24, 2.45) is 0 Å². The summed E-state index contributed by atoms with van der Waals surface area (Å²) in [5.74, 6) is 0.328. The van der Waals surface area contributed by atoms with E-state index in [1.54, 1.807) is 0 Å². The molecule has 16 heavy (non-hydrogen) atoms. The van der Waals surface area contributed by atoms with Crippen LogP contribution in [-0.2, 0) is 4.74 Å². The van der Waals surface area contributed by atoms with Crippen molar-refractivity contribution in [3.05, 3.63) is 11.5 Å². The van der Waals surface area contributed by atoms with Crippen molar-refractivity contribution >= 4 is 17.3 Å². The molecule has 88 valence electrons. The summed E-state index contributed by atoms with van der Waals surface area (Å²) in [4.78, 5) is 7.68. The largest absolute Gasteiger partial charge is 0.473 e. The van der Waals surface area contributed by atoms with E-state index in [1.807, 2.05) is 0 Å². The zero-order valence-electron chi connectivity index (χ0n) is 8.86. The molecule has 1 atom stereocenters. The van der Waals surface area contributed by atoms with Crippen LogP contribution in [0.25, 0.3) is 0 Å². The Balaban J connectivity index is 1.91. The number of nitrogens with two attached hydrogens (primary N) is 1. The Hall–Kier alpha value is -1.07. The van der Waals surface area contributed by atoms with Gasteiger partial charge in [0.2, 0.25) is 5.88 Å². The molecule has 0 aromatic carbocycles. The molecule has 0 aliphatic carbocycles. The number of hydrogen-bond donors (Lipinski definition) is 1. The van der Waals surface area contributed by atoms with Gasteiger partial charge in [-0.2, -0.15) is 4.98 Å². The molecule has 1 fully saturated rings. The van der Waals surface area contributed by atoms with Crippen molar-refractivity contribution in [3.63, 3.8) is 0 Å². The summed E-state index contributed by atoms with van der Waals surface area (Å²) in [6.07, 6.45) is 4.77. The first-order chi connectivity index (χ1) is 7.77. The normalized spacial score (nSPS) is 20.7. The van der Waals surface area contributed by atoms with Crippen LogP contribution in [0.15, 0.2) is 6.33 Å². The highest BCUT2D eigenvalue weighted by atomic mass is 35.5. The molecule has 6 heteroatoms. The van der Waals surface area contributed by atoms with E-state index in [0.717, 1.165) is 19.4 Å². The predicted molar refractivity (Wildman–Crippen MR) is 60.5 cm³/mol. The monoisotopic (exact) mass is 243 g/mol. The van der Waals surface area contributed by atoms with Gasteiger partial charge in [-0.05, 0) is 19.3 Å². The molecule has 0 spiro atoms. The second kappa shape index (κ2) is 5.32. The van der Waals surface area contributed by atoms with Crippen molar-refractivity contribution in [2.45, 2.75) is 25.4 Å². The van der Waals surface area contributed by atoms with Crippen LogP contribution in [0.3, 0.4) is 0 Å². The quantitative estimate of drug-likeness (QED) is 0.818. The van der Waals surface area contributed by atoms with E-state index in [-0.39, 0.29) is 16.9 Å². The van der Waals surface area contributed by atoms with E-state index in [9.17, 15) is 0 Å². The van der Waals surface area contributed by atoms with Crippen LogP contribution in [0.2, 0.25) is 5.15 Å². The summed E-state index contributed by atoms with van der Waals surface area (Å²) < 4.78 is 11.0. The Labute approximate surface area is 98.9 Å². The van der Waals surface area contributed by atoms with E-state index in [1.165, 1.54) is 12.7 Å². The van der Waals surface area contributed by atoms with Crippen LogP contribution in [0.4, 0.5) is 5.69 Å². The minimum atomic E-state index is 0.127. The SMILES string of the molecule is Nc1c(Cl)ncnc1OCC1CCCCO1. The predicted octanol–water partition coefficient (Wildman–Crippen LogP) is 1.66. The minimum absolute atomic E-state index is 0.127. The molecule has 2 rings (SSSR count). The van der Waals surface area contributed by atoms with Crippen molar-refractivity contribution in [3.8, 4) is 5.88 Å². The summed E-state index contributed by atoms with van der Waals surface area (Å²) in [6, 6.07) is 0. The van der Waals surface area contributed by atoms with Gasteiger partial charge >= 0.3 is 0 Å². The topological polar surface area (TPSA) is 70.3 Å². The summed E-state index contributed by atoms with van der Waals surface area (Å²) in [7, 11) is 0. The highest BCUT2D eigenvalue weighted by molar-refractivity contribution is 6.32. The Bertz CT molecular complexity index is 356. The molecule has 1 unspecified atom stereocenters. The molecule has 5 nitrogen and oxygen atoms in total. The van der Waals surface area contributed by atoms with E-state index in [4.69, 9.17) is 26.8 Å². The maximum atomic E-state index is 5.75. The third kappa shape index (κ3) is 2.74. The first-order valence-corrected chi connectivity index (χ1v) is 5.65. The van der Waals surface area contributed by atoms with Gasteiger partial charge in [0.25, 0.3) is 0 Å². The average molecular weight is 244 g/mol. The van der Waals surface area contributed by atoms with Gasteiger partial charge in [-0.25, -0.2) is 4.98 Å². The molecule has 1 aromatic rings. The van der Waals surface area contributed by atoms with Crippen molar-refractivity contribution in [1.29, 1.82) is 0 Å². The molecule has 1 saturated heterocycles. The second-order valence-electron chi connectivity index (χ2n) is 3.68. The number of nitrogens with zero attached hydrogens (tertiary/aromatic N) is 2. The molecule has 0 radical (unpaired) electrons. The summed E-state index contributed by atoms with van der Waals surface area (Å²) in [5, 5.41) is 0.217. The van der Waals surface area contributed by atoms with Crippen LogP contribution in [0.5, 0.6) is 5.88 Å². The van der Waals surface area contributed by atoms with Gasteiger partial charge < -0.3 is 15.2 Å². The Kier molecular flexibility index (Phi) is 3.79. The lowest BCUT2D eigenvalue weighted by molar-refractivity contribution is -0.0118. The maximum Gasteiger partial charge on any atom is 0.242 e. The minimum Gasteiger partial charge on any atom is -0.473 e. The highest BCUT2D eigenvalue weighted by Gasteiger charge is 2.16. The van der Waals surface area contributed by atoms with Gasteiger partial charge in [0.15, 0.2) is 5.15 Å². The molecule has 0 bridgehead atoms. The molecule has 2 heterocycles. The zero-order valence-corrected chi connectivity index (χ0v) is 9.61. The van der Waals surface area contributed by atoms with Gasteiger partial charge in [-0.15, -0.1) is 0 Å². The lowest BCUT2D eigenvalue weighted by Crippen LogP contribution is -2.26. The summed E-state index contributed by atoms with van der Waals surface area (Å²) in [6.45, 7) is 1.26. The smallest absolute Gasteiger partial charge is 0.242 e. The Morgan fingerprint density at radius 2 is 2.38 bits per heavy atom. The number of rotatable bonds is 3. The van der Waals surface area contributed by atoms with Crippen LogP contribution in [-0.4, -0.2) is 29.3 Å². The fourth-order valence-electron chi connectivity index (χ4n) is 1.59. The Morgan fingerprint density at radius 3 is 3.12 bits per heavy atom. The van der Waals surface area contributed by atoms with Gasteiger partial charge in [0, 0.05) is 6.61 Å². The van der Waals surface area contributed by atoms with Crippen LogP contribution < -0.4 is 10.5 Å². The molecule has 0 saturated carbocycles.